The van der Waals surface area contributed by atoms with Crippen LogP contribution in [-0.2, 0) is 11.3 Å². The normalized spacial score (nSPS) is 17.4. The Hall–Kier alpha value is -2.20. The predicted octanol–water partition coefficient (Wildman–Crippen LogP) is 3.42. The van der Waals surface area contributed by atoms with Crippen molar-refractivity contribution in [1.82, 2.24) is 14.9 Å². The number of halogens is 3. The molecule has 0 saturated carbocycles. The van der Waals surface area contributed by atoms with E-state index in [2.05, 4.69) is 14.9 Å². The van der Waals surface area contributed by atoms with Gasteiger partial charge in [0.15, 0.2) is 0 Å². The highest BCUT2D eigenvalue weighted by Gasteiger charge is 2.38. The minimum Gasteiger partial charge on any atom is -0.475 e. The summed E-state index contributed by atoms with van der Waals surface area (Å²) in [6, 6.07) is 2.39. The number of hydrogen-bond acceptors (Lipinski definition) is 5. The van der Waals surface area contributed by atoms with Crippen LogP contribution >= 0.6 is 11.3 Å². The smallest absolute Gasteiger partial charge is 0.475 e. The first-order valence-corrected chi connectivity index (χ1v) is 9.10. The monoisotopic (exact) mass is 403 g/mol. The van der Waals surface area contributed by atoms with Crippen LogP contribution in [0.15, 0.2) is 22.4 Å². The van der Waals surface area contributed by atoms with Gasteiger partial charge in [0.1, 0.15) is 5.01 Å². The number of alkyl halides is 3. The van der Waals surface area contributed by atoms with E-state index in [0.29, 0.717) is 12.6 Å². The van der Waals surface area contributed by atoms with Crippen LogP contribution in [0.3, 0.4) is 0 Å². The first-order valence-electron chi connectivity index (χ1n) is 8.22. The quantitative estimate of drug-likeness (QED) is 0.820. The summed E-state index contributed by atoms with van der Waals surface area (Å²) in [6.07, 6.45) is -0.914. The Balaban J connectivity index is 0.000000321. The summed E-state index contributed by atoms with van der Waals surface area (Å²) in [5, 5.41) is 10.3. The first-order chi connectivity index (χ1) is 12.6. The number of thiazole rings is 1. The maximum absolute atomic E-state index is 12.1. The second-order valence-corrected chi connectivity index (χ2v) is 7.16. The number of carbonyl (C=O) groups is 1. The van der Waals surface area contributed by atoms with Crippen LogP contribution < -0.4 is 5.56 Å². The Morgan fingerprint density at radius 3 is 2.67 bits per heavy atom. The van der Waals surface area contributed by atoms with Crippen molar-refractivity contribution < 1.29 is 23.1 Å². The topological polar surface area (TPSA) is 86.3 Å². The van der Waals surface area contributed by atoms with Crippen molar-refractivity contribution in [3.05, 3.63) is 49.8 Å². The van der Waals surface area contributed by atoms with Gasteiger partial charge in [-0.2, -0.15) is 13.2 Å². The van der Waals surface area contributed by atoms with Crippen molar-refractivity contribution in [3.63, 3.8) is 0 Å². The van der Waals surface area contributed by atoms with Gasteiger partial charge in [-0.15, -0.1) is 11.3 Å². The average Bonchev–Trinajstić information content (AvgIpc) is 3.23. The summed E-state index contributed by atoms with van der Waals surface area (Å²) in [4.78, 5) is 30.7. The molecule has 3 heterocycles. The molecule has 1 aliphatic heterocycles. The molecular weight excluding hydrogens is 383 g/mol. The number of rotatable bonds is 3. The molecule has 2 aromatic rings. The van der Waals surface area contributed by atoms with E-state index in [1.807, 2.05) is 31.5 Å². The number of carboxylic acids is 1. The third-order valence-electron chi connectivity index (χ3n) is 4.29. The zero-order chi connectivity index (χ0) is 20.2. The van der Waals surface area contributed by atoms with Crippen LogP contribution in [-0.4, -0.2) is 38.7 Å². The highest BCUT2D eigenvalue weighted by atomic mass is 32.1. The number of pyridine rings is 1. The molecule has 148 valence electrons. The molecule has 0 aliphatic carbocycles. The van der Waals surface area contributed by atoms with E-state index in [4.69, 9.17) is 9.90 Å². The Kier molecular flexibility index (Phi) is 6.77. The Morgan fingerprint density at radius 1 is 1.44 bits per heavy atom. The fraction of sp³-hybridized carbons (Fsp3) is 0.471. The van der Waals surface area contributed by atoms with E-state index < -0.39 is 12.1 Å². The van der Waals surface area contributed by atoms with Crippen LogP contribution in [0.1, 0.15) is 40.7 Å². The molecule has 10 heteroatoms. The molecule has 2 N–H and O–H groups in total. The molecule has 1 unspecified atom stereocenters. The van der Waals surface area contributed by atoms with Crippen LogP contribution in [0.2, 0.25) is 0 Å². The lowest BCUT2D eigenvalue weighted by molar-refractivity contribution is -0.192. The molecular formula is C17H20F3N3O3S. The number of hydrogen-bond donors (Lipinski definition) is 2. The van der Waals surface area contributed by atoms with Gasteiger partial charge in [-0.05, 0) is 44.9 Å². The summed E-state index contributed by atoms with van der Waals surface area (Å²) < 4.78 is 31.7. The molecule has 27 heavy (non-hydrogen) atoms. The summed E-state index contributed by atoms with van der Waals surface area (Å²) >= 11 is 1.71. The molecule has 0 aromatic carbocycles. The van der Waals surface area contributed by atoms with Crippen LogP contribution in [0.5, 0.6) is 0 Å². The molecule has 0 spiro atoms. The number of aromatic amines is 1. The number of carboxylic acid groups (broad SMARTS) is 1. The van der Waals surface area contributed by atoms with Gasteiger partial charge in [0.05, 0.1) is 6.04 Å². The Bertz CT molecular complexity index is 834. The molecule has 3 rings (SSSR count). The second-order valence-electron chi connectivity index (χ2n) is 6.23. The minimum atomic E-state index is -5.08. The van der Waals surface area contributed by atoms with Gasteiger partial charge in [-0.1, -0.05) is 0 Å². The molecule has 2 aromatic heterocycles. The largest absolute Gasteiger partial charge is 0.490 e. The van der Waals surface area contributed by atoms with Gasteiger partial charge in [0, 0.05) is 29.4 Å². The molecule has 6 nitrogen and oxygen atoms in total. The van der Waals surface area contributed by atoms with Crippen LogP contribution in [0.25, 0.3) is 0 Å². The third kappa shape index (κ3) is 5.64. The Labute approximate surface area is 157 Å². The van der Waals surface area contributed by atoms with Gasteiger partial charge in [-0.3, -0.25) is 9.69 Å². The maximum atomic E-state index is 12.1. The number of aromatic nitrogens is 2. The van der Waals surface area contributed by atoms with Crippen LogP contribution in [0, 0.1) is 13.8 Å². The molecule has 0 bridgehead atoms. The highest BCUT2D eigenvalue weighted by molar-refractivity contribution is 7.09. The van der Waals surface area contributed by atoms with Crippen molar-refractivity contribution in [3.8, 4) is 0 Å². The summed E-state index contributed by atoms with van der Waals surface area (Å²) in [6.45, 7) is 5.73. The van der Waals surface area contributed by atoms with Gasteiger partial charge < -0.3 is 10.1 Å². The molecule has 0 radical (unpaired) electrons. The predicted molar refractivity (Wildman–Crippen MR) is 94.7 cm³/mol. The lowest BCUT2D eigenvalue weighted by atomic mass is 10.1. The summed E-state index contributed by atoms with van der Waals surface area (Å²) in [5.74, 6) is -2.76. The third-order valence-corrected chi connectivity index (χ3v) is 5.17. The van der Waals surface area contributed by atoms with Crippen molar-refractivity contribution in [2.24, 2.45) is 0 Å². The zero-order valence-corrected chi connectivity index (χ0v) is 15.7. The zero-order valence-electron chi connectivity index (χ0n) is 14.8. The Morgan fingerprint density at radius 2 is 2.11 bits per heavy atom. The number of likely N-dealkylation sites (tertiary alicyclic amines) is 1. The standard InChI is InChI=1S/C15H19N3OS.C2HF3O2/c1-10-8-12(14(19)17-11(10)2)9-18-6-3-4-13(18)15-16-5-7-20-15;3-2(4,5)1(6)7/h5,7-8,13H,3-4,6,9H2,1-2H3,(H,17,19);(H,6,7). The first kappa shape index (κ1) is 21.1. The number of nitrogens with one attached hydrogen (secondary N) is 1. The number of aliphatic carboxylic acids is 1. The molecule has 1 atom stereocenters. The van der Waals surface area contributed by atoms with E-state index >= 15 is 0 Å². The summed E-state index contributed by atoms with van der Waals surface area (Å²) in [7, 11) is 0. The number of nitrogens with zero attached hydrogens (tertiary/aromatic N) is 2. The van der Waals surface area contributed by atoms with Crippen molar-refractivity contribution in [2.75, 3.05) is 6.54 Å². The summed E-state index contributed by atoms with van der Waals surface area (Å²) in [5.41, 5.74) is 3.00. The van der Waals surface area contributed by atoms with E-state index in [9.17, 15) is 18.0 Å². The van der Waals surface area contributed by atoms with Gasteiger partial charge in [0.2, 0.25) is 0 Å². The molecule has 1 fully saturated rings. The molecule has 1 aliphatic rings. The number of H-pyrrole nitrogens is 1. The van der Waals surface area contributed by atoms with Gasteiger partial charge in [-0.25, -0.2) is 9.78 Å². The fourth-order valence-electron chi connectivity index (χ4n) is 2.81. The van der Waals surface area contributed by atoms with Gasteiger partial charge in [0.25, 0.3) is 5.56 Å². The van der Waals surface area contributed by atoms with E-state index in [-0.39, 0.29) is 5.56 Å². The second kappa shape index (κ2) is 8.66. The SMILES string of the molecule is Cc1cc(CN2CCCC2c2nccs2)c(=O)[nH]c1C.O=C(O)C(F)(F)F. The van der Waals surface area contributed by atoms with E-state index in [0.717, 1.165) is 29.8 Å². The fourth-order valence-corrected chi connectivity index (χ4v) is 3.62. The average molecular weight is 403 g/mol. The van der Waals surface area contributed by atoms with Gasteiger partial charge >= 0.3 is 12.1 Å². The maximum Gasteiger partial charge on any atom is 0.490 e. The van der Waals surface area contributed by atoms with Crippen molar-refractivity contribution >= 4 is 17.3 Å². The number of aryl methyl sites for hydroxylation is 2. The van der Waals surface area contributed by atoms with E-state index in [1.165, 1.54) is 11.4 Å². The van der Waals surface area contributed by atoms with Crippen molar-refractivity contribution in [2.45, 2.75) is 45.5 Å². The van der Waals surface area contributed by atoms with E-state index in [1.54, 1.807) is 11.3 Å². The lowest BCUT2D eigenvalue weighted by Crippen LogP contribution is -2.27. The minimum absolute atomic E-state index is 0.0397. The molecule has 1 saturated heterocycles. The lowest BCUT2D eigenvalue weighted by Gasteiger charge is -2.22. The highest BCUT2D eigenvalue weighted by Crippen LogP contribution is 2.33. The molecule has 0 amide bonds. The van der Waals surface area contributed by atoms with Crippen LogP contribution in [0.4, 0.5) is 13.2 Å². The van der Waals surface area contributed by atoms with Crippen molar-refractivity contribution in [1.29, 1.82) is 0 Å².